The Morgan fingerprint density at radius 2 is 1.72 bits per heavy atom. The van der Waals surface area contributed by atoms with Gasteiger partial charge in [0.15, 0.2) is 0 Å². The number of hydrogen-bond donors (Lipinski definition) is 1. The topological polar surface area (TPSA) is 15.3 Å². The molecule has 0 aromatic rings. The Balaban J connectivity index is 2.52. The molecule has 0 aliphatic heterocycles. The van der Waals surface area contributed by atoms with Crippen molar-refractivity contribution in [3.63, 3.8) is 0 Å². The Hall–Kier alpha value is -0.0800. The molecular weight excluding hydrogens is 220 g/mol. The van der Waals surface area contributed by atoms with E-state index in [1.165, 1.54) is 45.3 Å². The van der Waals surface area contributed by atoms with E-state index in [1.807, 2.05) is 0 Å². The van der Waals surface area contributed by atoms with Crippen molar-refractivity contribution < 1.29 is 0 Å². The van der Waals surface area contributed by atoms with E-state index in [9.17, 15) is 0 Å². The average Bonchev–Trinajstić information content (AvgIpc) is 2.61. The molecule has 1 rings (SSSR count). The first kappa shape index (κ1) is 16.0. The highest BCUT2D eigenvalue weighted by Gasteiger charge is 2.35. The van der Waals surface area contributed by atoms with E-state index in [2.05, 4.69) is 51.9 Å². The molecule has 0 saturated heterocycles. The summed E-state index contributed by atoms with van der Waals surface area (Å²) in [6.45, 7) is 15.1. The predicted molar refractivity (Wildman–Crippen MR) is 81.0 cm³/mol. The number of nitrogens with one attached hydrogen (secondary N) is 1. The highest BCUT2D eigenvalue weighted by molar-refractivity contribution is 4.91. The van der Waals surface area contributed by atoms with Gasteiger partial charge in [-0.1, -0.05) is 26.7 Å². The van der Waals surface area contributed by atoms with E-state index in [1.54, 1.807) is 0 Å². The van der Waals surface area contributed by atoms with Gasteiger partial charge >= 0.3 is 0 Å². The molecule has 1 saturated carbocycles. The predicted octanol–water partition coefficient (Wildman–Crippen LogP) is 3.52. The van der Waals surface area contributed by atoms with Gasteiger partial charge in [0.1, 0.15) is 0 Å². The van der Waals surface area contributed by atoms with Crippen LogP contribution >= 0.6 is 0 Å². The number of rotatable bonds is 6. The lowest BCUT2D eigenvalue weighted by molar-refractivity contribution is 0.151. The van der Waals surface area contributed by atoms with E-state index in [4.69, 9.17) is 0 Å². The monoisotopic (exact) mass is 254 g/mol. The summed E-state index contributed by atoms with van der Waals surface area (Å²) in [5.41, 5.74) is 0.767. The fourth-order valence-corrected chi connectivity index (χ4v) is 3.23. The van der Waals surface area contributed by atoms with Gasteiger partial charge in [0.25, 0.3) is 0 Å². The van der Waals surface area contributed by atoms with Crippen molar-refractivity contribution in [2.24, 2.45) is 11.3 Å². The lowest BCUT2D eigenvalue weighted by Gasteiger charge is -2.37. The Morgan fingerprint density at radius 3 is 2.17 bits per heavy atom. The maximum atomic E-state index is 3.74. The molecule has 0 amide bonds. The molecule has 0 heterocycles. The minimum atomic E-state index is 0.242. The lowest BCUT2D eigenvalue weighted by atomic mass is 9.84. The second-order valence-corrected chi connectivity index (χ2v) is 7.90. The SMILES string of the molecule is CC(C)CN(C)CC1(CNC(C)(C)C)CCCC1. The van der Waals surface area contributed by atoms with Crippen molar-refractivity contribution in [1.82, 2.24) is 10.2 Å². The van der Waals surface area contributed by atoms with Crippen LogP contribution in [0.5, 0.6) is 0 Å². The van der Waals surface area contributed by atoms with Crippen LogP contribution in [0.1, 0.15) is 60.3 Å². The summed E-state index contributed by atoms with van der Waals surface area (Å²) >= 11 is 0. The van der Waals surface area contributed by atoms with Crippen molar-refractivity contribution in [2.75, 3.05) is 26.7 Å². The van der Waals surface area contributed by atoms with Gasteiger partial charge < -0.3 is 10.2 Å². The summed E-state index contributed by atoms with van der Waals surface area (Å²) in [5, 5.41) is 3.74. The summed E-state index contributed by atoms with van der Waals surface area (Å²) in [6.07, 6.45) is 5.64. The van der Waals surface area contributed by atoms with Crippen molar-refractivity contribution >= 4 is 0 Å². The van der Waals surface area contributed by atoms with Crippen LogP contribution in [0, 0.1) is 11.3 Å². The van der Waals surface area contributed by atoms with Crippen molar-refractivity contribution in [2.45, 2.75) is 65.8 Å². The van der Waals surface area contributed by atoms with Crippen LogP contribution in [0.15, 0.2) is 0 Å². The minimum absolute atomic E-state index is 0.242. The second kappa shape index (κ2) is 6.38. The summed E-state index contributed by atoms with van der Waals surface area (Å²) in [4.78, 5) is 2.54. The standard InChI is InChI=1S/C16H34N2/c1-14(2)11-18(6)13-16(9-7-8-10-16)12-17-15(3,4)5/h14,17H,7-13H2,1-6H3. The first-order chi connectivity index (χ1) is 8.22. The number of hydrogen-bond acceptors (Lipinski definition) is 2. The zero-order valence-corrected chi connectivity index (χ0v) is 13.5. The highest BCUT2D eigenvalue weighted by Crippen LogP contribution is 2.38. The summed E-state index contributed by atoms with van der Waals surface area (Å²) < 4.78 is 0. The first-order valence-corrected chi connectivity index (χ1v) is 7.66. The van der Waals surface area contributed by atoms with Gasteiger partial charge in [-0.25, -0.2) is 0 Å². The maximum Gasteiger partial charge on any atom is 0.00967 e. The van der Waals surface area contributed by atoms with E-state index in [0.29, 0.717) is 5.41 Å². The zero-order chi connectivity index (χ0) is 13.8. The molecule has 0 unspecified atom stereocenters. The smallest absolute Gasteiger partial charge is 0.00967 e. The van der Waals surface area contributed by atoms with Crippen LogP contribution < -0.4 is 5.32 Å². The Labute approximate surface area is 115 Å². The third-order valence-corrected chi connectivity index (χ3v) is 3.94. The van der Waals surface area contributed by atoms with Gasteiger partial charge in [-0.15, -0.1) is 0 Å². The van der Waals surface area contributed by atoms with Gasteiger partial charge in [-0.3, -0.25) is 0 Å². The van der Waals surface area contributed by atoms with E-state index in [-0.39, 0.29) is 5.54 Å². The molecule has 0 aromatic heterocycles. The summed E-state index contributed by atoms with van der Waals surface area (Å²) in [7, 11) is 2.29. The highest BCUT2D eigenvalue weighted by atomic mass is 15.1. The zero-order valence-electron chi connectivity index (χ0n) is 13.5. The molecule has 1 aliphatic carbocycles. The van der Waals surface area contributed by atoms with Gasteiger partial charge in [-0.2, -0.15) is 0 Å². The average molecular weight is 254 g/mol. The fraction of sp³-hybridized carbons (Fsp3) is 1.00. The van der Waals surface area contributed by atoms with Gasteiger partial charge in [0.05, 0.1) is 0 Å². The molecule has 1 fully saturated rings. The molecule has 1 N–H and O–H groups in total. The second-order valence-electron chi connectivity index (χ2n) is 7.90. The van der Waals surface area contributed by atoms with Gasteiger partial charge in [0, 0.05) is 25.2 Å². The molecule has 0 spiro atoms. The van der Waals surface area contributed by atoms with E-state index < -0.39 is 0 Å². The first-order valence-electron chi connectivity index (χ1n) is 7.66. The van der Waals surface area contributed by atoms with Gasteiger partial charge in [0.2, 0.25) is 0 Å². The molecule has 18 heavy (non-hydrogen) atoms. The van der Waals surface area contributed by atoms with Crippen molar-refractivity contribution in [3.05, 3.63) is 0 Å². The maximum absolute atomic E-state index is 3.74. The van der Waals surface area contributed by atoms with Crippen LogP contribution in [-0.4, -0.2) is 37.1 Å². The van der Waals surface area contributed by atoms with Crippen LogP contribution in [0.2, 0.25) is 0 Å². The quantitative estimate of drug-likeness (QED) is 0.780. The minimum Gasteiger partial charge on any atom is -0.311 e. The van der Waals surface area contributed by atoms with Crippen molar-refractivity contribution in [1.29, 1.82) is 0 Å². The lowest BCUT2D eigenvalue weighted by Crippen LogP contribution is -2.47. The number of nitrogens with zero attached hydrogens (tertiary/aromatic N) is 1. The third kappa shape index (κ3) is 5.71. The van der Waals surface area contributed by atoms with Crippen LogP contribution in [0.3, 0.4) is 0 Å². The molecule has 2 nitrogen and oxygen atoms in total. The van der Waals surface area contributed by atoms with Crippen LogP contribution in [0.25, 0.3) is 0 Å². The molecular formula is C16H34N2. The summed E-state index contributed by atoms with van der Waals surface area (Å²) in [5.74, 6) is 0.768. The van der Waals surface area contributed by atoms with Crippen LogP contribution in [0.4, 0.5) is 0 Å². The summed E-state index contributed by atoms with van der Waals surface area (Å²) in [6, 6.07) is 0. The molecule has 2 heteroatoms. The fourth-order valence-electron chi connectivity index (χ4n) is 3.23. The Kier molecular flexibility index (Phi) is 5.67. The molecule has 0 atom stereocenters. The third-order valence-electron chi connectivity index (χ3n) is 3.94. The Morgan fingerprint density at radius 1 is 1.17 bits per heavy atom. The Bertz CT molecular complexity index is 234. The molecule has 1 aliphatic rings. The van der Waals surface area contributed by atoms with Crippen LogP contribution in [-0.2, 0) is 0 Å². The van der Waals surface area contributed by atoms with Gasteiger partial charge in [-0.05, 0) is 52.0 Å². The van der Waals surface area contributed by atoms with E-state index in [0.717, 1.165) is 5.92 Å². The van der Waals surface area contributed by atoms with Crippen molar-refractivity contribution in [3.8, 4) is 0 Å². The molecule has 0 aromatic carbocycles. The van der Waals surface area contributed by atoms with E-state index >= 15 is 0 Å². The largest absolute Gasteiger partial charge is 0.311 e. The molecule has 0 bridgehead atoms. The molecule has 108 valence electrons. The normalized spacial score (nSPS) is 20.0. The molecule has 0 radical (unpaired) electrons.